The van der Waals surface area contributed by atoms with Crippen molar-refractivity contribution in [3.63, 3.8) is 0 Å². The molecular weight excluding hydrogens is 78.0 g/mol. The van der Waals surface area contributed by atoms with Crippen LogP contribution < -0.4 is 0 Å². The SMILES string of the molecule is CC(C)N1CO1. The van der Waals surface area contributed by atoms with E-state index in [1.807, 2.05) is 5.06 Å². The van der Waals surface area contributed by atoms with Crippen LogP contribution in [0.4, 0.5) is 0 Å². The molecule has 1 rings (SSSR count). The lowest BCUT2D eigenvalue weighted by Crippen LogP contribution is -2.06. The van der Waals surface area contributed by atoms with Crippen LogP contribution in [0.2, 0.25) is 0 Å². The maximum absolute atomic E-state index is 4.80. The van der Waals surface area contributed by atoms with Crippen LogP contribution in [0.5, 0.6) is 0 Å². The van der Waals surface area contributed by atoms with E-state index < -0.39 is 0 Å². The maximum Gasteiger partial charge on any atom is 0.144 e. The van der Waals surface area contributed by atoms with E-state index in [2.05, 4.69) is 13.8 Å². The average molecular weight is 87.1 g/mol. The first-order valence-corrected chi connectivity index (χ1v) is 2.20. The van der Waals surface area contributed by atoms with E-state index in [-0.39, 0.29) is 0 Å². The zero-order valence-electron chi connectivity index (χ0n) is 4.14. The Bertz CT molecular complexity index is 49.5. The Balaban J connectivity index is 2.13. The third-order valence-corrected chi connectivity index (χ3v) is 0.854. The van der Waals surface area contributed by atoms with Gasteiger partial charge in [0.05, 0.1) is 0 Å². The van der Waals surface area contributed by atoms with Crippen LogP contribution in [0.15, 0.2) is 0 Å². The fourth-order valence-corrected chi connectivity index (χ4v) is 0.331. The molecule has 1 fully saturated rings. The van der Waals surface area contributed by atoms with E-state index >= 15 is 0 Å². The predicted octanol–water partition coefficient (Wildman–Crippen LogP) is 0.600. The van der Waals surface area contributed by atoms with Gasteiger partial charge in [0.15, 0.2) is 0 Å². The van der Waals surface area contributed by atoms with Crippen LogP contribution in [0, 0.1) is 0 Å². The van der Waals surface area contributed by atoms with E-state index in [1.54, 1.807) is 0 Å². The van der Waals surface area contributed by atoms with Gasteiger partial charge in [0, 0.05) is 6.04 Å². The summed E-state index contributed by atoms with van der Waals surface area (Å²) in [5.41, 5.74) is 0. The summed E-state index contributed by atoms with van der Waals surface area (Å²) >= 11 is 0. The Morgan fingerprint density at radius 2 is 2.17 bits per heavy atom. The molecule has 1 aliphatic rings. The summed E-state index contributed by atoms with van der Waals surface area (Å²) in [7, 11) is 0. The zero-order chi connectivity index (χ0) is 4.57. The van der Waals surface area contributed by atoms with Gasteiger partial charge in [0.2, 0.25) is 0 Å². The van der Waals surface area contributed by atoms with Crippen LogP contribution in [0.1, 0.15) is 13.8 Å². The Morgan fingerprint density at radius 1 is 1.67 bits per heavy atom. The van der Waals surface area contributed by atoms with Crippen molar-refractivity contribution >= 4 is 0 Å². The standard InChI is InChI=1S/C4H9NO/c1-4(2)5-3-6-5/h4H,3H2,1-2H3. The van der Waals surface area contributed by atoms with Crippen molar-refractivity contribution in [1.82, 2.24) is 5.06 Å². The van der Waals surface area contributed by atoms with Crippen molar-refractivity contribution in [2.75, 3.05) is 6.73 Å². The minimum atomic E-state index is 0.574. The predicted molar refractivity (Wildman–Crippen MR) is 22.9 cm³/mol. The monoisotopic (exact) mass is 87.1 g/mol. The van der Waals surface area contributed by atoms with Gasteiger partial charge in [0.25, 0.3) is 0 Å². The van der Waals surface area contributed by atoms with Gasteiger partial charge in [-0.15, -0.1) is 0 Å². The zero-order valence-corrected chi connectivity index (χ0v) is 4.14. The highest BCUT2D eigenvalue weighted by molar-refractivity contribution is 4.52. The highest BCUT2D eigenvalue weighted by atomic mass is 16.8. The lowest BCUT2D eigenvalue weighted by molar-refractivity contribution is 0.165. The molecule has 2 heteroatoms. The van der Waals surface area contributed by atoms with Crippen molar-refractivity contribution in [1.29, 1.82) is 0 Å². The first-order chi connectivity index (χ1) is 2.80. The van der Waals surface area contributed by atoms with Gasteiger partial charge in [-0.1, -0.05) is 0 Å². The fraction of sp³-hybridized carbons (Fsp3) is 1.00. The summed E-state index contributed by atoms with van der Waals surface area (Å²) in [6, 6.07) is 0.574. The summed E-state index contributed by atoms with van der Waals surface area (Å²) in [4.78, 5) is 4.80. The Labute approximate surface area is 37.7 Å². The first kappa shape index (κ1) is 4.09. The first-order valence-electron chi connectivity index (χ1n) is 2.20. The topological polar surface area (TPSA) is 15.5 Å². The van der Waals surface area contributed by atoms with Crippen molar-refractivity contribution in [2.45, 2.75) is 19.9 Å². The molecule has 0 radical (unpaired) electrons. The molecular formula is C4H9NO. The second-order valence-electron chi connectivity index (χ2n) is 1.77. The molecule has 1 unspecified atom stereocenters. The van der Waals surface area contributed by atoms with Gasteiger partial charge >= 0.3 is 0 Å². The van der Waals surface area contributed by atoms with E-state index in [0.29, 0.717) is 6.04 Å². The smallest absolute Gasteiger partial charge is 0.144 e. The van der Waals surface area contributed by atoms with Crippen molar-refractivity contribution in [2.24, 2.45) is 0 Å². The van der Waals surface area contributed by atoms with Crippen LogP contribution >= 0.6 is 0 Å². The van der Waals surface area contributed by atoms with E-state index in [4.69, 9.17) is 4.84 Å². The molecule has 0 N–H and O–H groups in total. The van der Waals surface area contributed by atoms with Crippen LogP contribution in [-0.4, -0.2) is 17.8 Å². The summed E-state index contributed by atoms with van der Waals surface area (Å²) in [6.07, 6.45) is 0. The molecule has 1 atom stereocenters. The summed E-state index contributed by atoms with van der Waals surface area (Å²) in [5, 5.41) is 1.92. The second-order valence-corrected chi connectivity index (χ2v) is 1.77. The average Bonchev–Trinajstić information content (AvgIpc) is 2.06. The van der Waals surface area contributed by atoms with Crippen LogP contribution in [0.25, 0.3) is 0 Å². The summed E-state index contributed by atoms with van der Waals surface area (Å²) in [5.74, 6) is 0. The van der Waals surface area contributed by atoms with E-state index in [0.717, 1.165) is 6.73 Å². The molecule has 0 saturated carbocycles. The maximum atomic E-state index is 4.80. The van der Waals surface area contributed by atoms with Gasteiger partial charge in [-0.25, -0.2) is 0 Å². The third-order valence-electron chi connectivity index (χ3n) is 0.854. The number of hydrogen-bond acceptors (Lipinski definition) is 2. The lowest BCUT2D eigenvalue weighted by atomic mass is 10.4. The number of rotatable bonds is 1. The number of nitrogens with zero attached hydrogens (tertiary/aromatic N) is 1. The molecule has 36 valence electrons. The van der Waals surface area contributed by atoms with Gasteiger partial charge in [-0.3, -0.25) is 4.84 Å². The number of hydrogen-bond donors (Lipinski definition) is 0. The summed E-state index contributed by atoms with van der Waals surface area (Å²) in [6.45, 7) is 5.04. The molecule has 2 nitrogen and oxygen atoms in total. The molecule has 1 saturated heterocycles. The Hall–Kier alpha value is -0.0800. The van der Waals surface area contributed by atoms with Crippen molar-refractivity contribution in [3.8, 4) is 0 Å². The molecule has 0 aromatic rings. The highest BCUT2D eigenvalue weighted by Crippen LogP contribution is 2.10. The summed E-state index contributed by atoms with van der Waals surface area (Å²) < 4.78 is 0. The van der Waals surface area contributed by atoms with Gasteiger partial charge in [-0.2, -0.15) is 5.06 Å². The van der Waals surface area contributed by atoms with Crippen molar-refractivity contribution < 1.29 is 4.84 Å². The van der Waals surface area contributed by atoms with Crippen LogP contribution in [-0.2, 0) is 4.84 Å². The quantitative estimate of drug-likeness (QED) is 0.435. The van der Waals surface area contributed by atoms with Gasteiger partial charge < -0.3 is 0 Å². The minimum Gasteiger partial charge on any atom is -0.279 e. The molecule has 0 spiro atoms. The van der Waals surface area contributed by atoms with E-state index in [9.17, 15) is 0 Å². The molecule has 0 bridgehead atoms. The van der Waals surface area contributed by atoms with Gasteiger partial charge in [-0.05, 0) is 13.8 Å². The normalized spacial score (nSPS) is 31.5. The highest BCUT2D eigenvalue weighted by Gasteiger charge is 2.21. The largest absolute Gasteiger partial charge is 0.279 e. The molecule has 1 heterocycles. The van der Waals surface area contributed by atoms with Gasteiger partial charge in [0.1, 0.15) is 6.73 Å². The number of hydroxylamine groups is 2. The lowest BCUT2D eigenvalue weighted by Gasteiger charge is -1.94. The fourth-order valence-electron chi connectivity index (χ4n) is 0.331. The Kier molecular flexibility index (Phi) is 0.821. The molecule has 0 aliphatic carbocycles. The minimum absolute atomic E-state index is 0.574. The van der Waals surface area contributed by atoms with Crippen LogP contribution in [0.3, 0.4) is 0 Å². The molecule has 6 heavy (non-hydrogen) atoms. The molecule has 0 amide bonds. The van der Waals surface area contributed by atoms with Crippen molar-refractivity contribution in [3.05, 3.63) is 0 Å². The third kappa shape index (κ3) is 0.698. The second kappa shape index (κ2) is 1.21. The Morgan fingerprint density at radius 3 is 2.17 bits per heavy atom. The van der Waals surface area contributed by atoms with E-state index in [1.165, 1.54) is 0 Å². The molecule has 1 aliphatic heterocycles. The molecule has 0 aromatic heterocycles. The molecule has 0 aromatic carbocycles.